The van der Waals surface area contributed by atoms with Gasteiger partial charge in [-0.1, -0.05) is 0 Å². The van der Waals surface area contributed by atoms with Crippen LogP contribution in [0.4, 0.5) is 18.9 Å². The second-order valence-corrected chi connectivity index (χ2v) is 2.61. The lowest BCUT2D eigenvalue weighted by Gasteiger charge is -2.09. The van der Waals surface area contributed by atoms with Crippen LogP contribution < -0.4 is 11.3 Å². The smallest absolute Gasteiger partial charge is 0.394 e. The molecule has 1 aromatic rings. The Bertz CT molecular complexity index is 380. The van der Waals surface area contributed by atoms with E-state index >= 15 is 0 Å². The fourth-order valence-electron chi connectivity index (χ4n) is 0.934. The Morgan fingerprint density at radius 3 is 2.46 bits per heavy atom. The van der Waals surface area contributed by atoms with Gasteiger partial charge in [-0.25, -0.2) is 0 Å². The van der Waals surface area contributed by atoms with Gasteiger partial charge in [0.05, 0.1) is 5.56 Å². The largest absolute Gasteiger partial charge is 0.418 e. The van der Waals surface area contributed by atoms with Crippen LogP contribution in [0.2, 0.25) is 0 Å². The van der Waals surface area contributed by atoms with Gasteiger partial charge in [0.25, 0.3) is 5.56 Å². The van der Waals surface area contributed by atoms with Crippen LogP contribution in [0.3, 0.4) is 0 Å². The van der Waals surface area contributed by atoms with Gasteiger partial charge in [0.2, 0.25) is 0 Å². The van der Waals surface area contributed by atoms with Crippen molar-refractivity contribution in [3.05, 3.63) is 27.7 Å². The molecule has 0 aliphatic heterocycles. The molecule has 1 heterocycles. The summed E-state index contributed by atoms with van der Waals surface area (Å²) in [5, 5.41) is 0. The first kappa shape index (κ1) is 9.63. The molecular formula is C7H7F3N2O. The molecule has 0 saturated heterocycles. The van der Waals surface area contributed by atoms with E-state index in [0.717, 1.165) is 6.07 Å². The molecule has 0 radical (unpaired) electrons. The highest BCUT2D eigenvalue weighted by atomic mass is 19.4. The van der Waals surface area contributed by atoms with Crippen LogP contribution in [0.15, 0.2) is 10.9 Å². The summed E-state index contributed by atoms with van der Waals surface area (Å²) in [5.41, 5.74) is 2.31. The van der Waals surface area contributed by atoms with Gasteiger partial charge in [-0.2, -0.15) is 13.2 Å². The number of aromatic amines is 1. The molecule has 1 aromatic heterocycles. The van der Waals surface area contributed by atoms with Gasteiger partial charge in [0, 0.05) is 5.69 Å². The zero-order valence-corrected chi connectivity index (χ0v) is 6.70. The molecule has 0 aromatic carbocycles. The van der Waals surface area contributed by atoms with Crippen molar-refractivity contribution in [2.24, 2.45) is 0 Å². The van der Waals surface area contributed by atoms with Crippen LogP contribution in [0, 0.1) is 6.92 Å². The van der Waals surface area contributed by atoms with Gasteiger partial charge in [0.15, 0.2) is 0 Å². The molecule has 13 heavy (non-hydrogen) atoms. The Balaban J connectivity index is 3.46. The minimum Gasteiger partial charge on any atom is -0.394 e. The van der Waals surface area contributed by atoms with Crippen LogP contribution in [-0.4, -0.2) is 4.98 Å². The minimum atomic E-state index is -4.58. The lowest BCUT2D eigenvalue weighted by atomic mass is 10.2. The number of H-pyrrole nitrogens is 1. The Morgan fingerprint density at radius 1 is 1.46 bits per heavy atom. The maximum absolute atomic E-state index is 12.2. The molecule has 0 amide bonds. The first-order chi connectivity index (χ1) is 5.82. The van der Waals surface area contributed by atoms with Crippen LogP contribution in [0.25, 0.3) is 0 Å². The minimum absolute atomic E-state index is 0.131. The van der Waals surface area contributed by atoms with E-state index in [0.29, 0.717) is 0 Å². The number of hydrogen-bond acceptors (Lipinski definition) is 2. The van der Waals surface area contributed by atoms with E-state index < -0.39 is 23.0 Å². The van der Waals surface area contributed by atoms with Crippen molar-refractivity contribution in [1.82, 2.24) is 4.98 Å². The van der Waals surface area contributed by atoms with E-state index in [-0.39, 0.29) is 5.69 Å². The molecule has 0 fully saturated rings. The predicted octanol–water partition coefficient (Wildman–Crippen LogP) is 1.28. The molecule has 72 valence electrons. The van der Waals surface area contributed by atoms with Crippen LogP contribution >= 0.6 is 0 Å². The number of pyridine rings is 1. The molecule has 0 aliphatic rings. The number of alkyl halides is 3. The average molecular weight is 192 g/mol. The summed E-state index contributed by atoms with van der Waals surface area (Å²) in [6, 6.07) is 0.802. The van der Waals surface area contributed by atoms with Crippen molar-refractivity contribution in [1.29, 1.82) is 0 Å². The normalized spacial score (nSPS) is 11.7. The lowest BCUT2D eigenvalue weighted by Crippen LogP contribution is -2.20. The second-order valence-electron chi connectivity index (χ2n) is 2.61. The van der Waals surface area contributed by atoms with Gasteiger partial charge in [0.1, 0.15) is 5.69 Å². The van der Waals surface area contributed by atoms with E-state index in [2.05, 4.69) is 4.98 Å². The van der Waals surface area contributed by atoms with E-state index in [1.54, 1.807) is 0 Å². The van der Waals surface area contributed by atoms with Crippen LogP contribution in [0.1, 0.15) is 11.3 Å². The first-order valence-electron chi connectivity index (χ1n) is 3.39. The fraction of sp³-hybridized carbons (Fsp3) is 0.286. The third-order valence-corrected chi connectivity index (χ3v) is 1.51. The Hall–Kier alpha value is -1.46. The third-order valence-electron chi connectivity index (χ3n) is 1.51. The average Bonchev–Trinajstić information content (AvgIpc) is 1.94. The quantitative estimate of drug-likeness (QED) is 0.650. The molecule has 0 unspecified atom stereocenters. The first-order valence-corrected chi connectivity index (χ1v) is 3.39. The maximum atomic E-state index is 12.2. The summed E-state index contributed by atoms with van der Waals surface area (Å²) in [6.07, 6.45) is -4.58. The van der Waals surface area contributed by atoms with Crippen molar-refractivity contribution in [2.75, 3.05) is 5.73 Å². The zero-order valence-electron chi connectivity index (χ0n) is 6.70. The molecule has 1 rings (SSSR count). The van der Waals surface area contributed by atoms with Crippen molar-refractivity contribution in [3.63, 3.8) is 0 Å². The van der Waals surface area contributed by atoms with Crippen LogP contribution in [0.5, 0.6) is 0 Å². The number of nitrogens with two attached hydrogens (primary N) is 1. The molecule has 0 bridgehead atoms. The summed E-state index contributed by atoms with van der Waals surface area (Å²) in [4.78, 5) is 13.0. The van der Waals surface area contributed by atoms with E-state index in [9.17, 15) is 18.0 Å². The Kier molecular flexibility index (Phi) is 2.07. The van der Waals surface area contributed by atoms with Gasteiger partial charge < -0.3 is 10.7 Å². The summed E-state index contributed by atoms with van der Waals surface area (Å²) < 4.78 is 36.5. The van der Waals surface area contributed by atoms with Gasteiger partial charge in [-0.3, -0.25) is 4.79 Å². The molecule has 0 aliphatic carbocycles. The predicted molar refractivity (Wildman–Crippen MR) is 41.2 cm³/mol. The Labute approximate surface area is 71.4 Å². The van der Waals surface area contributed by atoms with Crippen molar-refractivity contribution < 1.29 is 13.2 Å². The van der Waals surface area contributed by atoms with Gasteiger partial charge in [-0.15, -0.1) is 0 Å². The van der Waals surface area contributed by atoms with E-state index in [1.807, 2.05) is 0 Å². The summed E-state index contributed by atoms with van der Waals surface area (Å²) in [7, 11) is 0. The standard InChI is InChI=1S/C7H7F3N2O/c1-3-2-4(7(8,9)10)5(11)6(13)12-3/h2H,11H2,1H3,(H,12,13). The maximum Gasteiger partial charge on any atom is 0.418 e. The van der Waals surface area contributed by atoms with E-state index in [4.69, 9.17) is 5.73 Å². The topological polar surface area (TPSA) is 58.9 Å². The number of nitrogens with one attached hydrogen (secondary N) is 1. The highest BCUT2D eigenvalue weighted by molar-refractivity contribution is 5.46. The summed E-state index contributed by atoms with van der Waals surface area (Å²) in [6.45, 7) is 1.36. The highest BCUT2D eigenvalue weighted by Gasteiger charge is 2.34. The van der Waals surface area contributed by atoms with E-state index in [1.165, 1.54) is 6.92 Å². The van der Waals surface area contributed by atoms with Gasteiger partial charge in [-0.05, 0) is 13.0 Å². The van der Waals surface area contributed by atoms with Crippen molar-refractivity contribution in [2.45, 2.75) is 13.1 Å². The molecule has 0 atom stereocenters. The summed E-state index contributed by atoms with van der Waals surface area (Å²) in [5.74, 6) is 0. The number of halogens is 3. The number of rotatable bonds is 0. The summed E-state index contributed by atoms with van der Waals surface area (Å²) >= 11 is 0. The number of nitrogen functional groups attached to an aromatic ring is 1. The van der Waals surface area contributed by atoms with Gasteiger partial charge >= 0.3 is 6.18 Å². The molecule has 0 spiro atoms. The Morgan fingerprint density at radius 2 is 2.00 bits per heavy atom. The fourth-order valence-corrected chi connectivity index (χ4v) is 0.934. The van der Waals surface area contributed by atoms with Crippen LogP contribution in [-0.2, 0) is 6.18 Å². The third kappa shape index (κ3) is 1.82. The monoisotopic (exact) mass is 192 g/mol. The number of hydrogen-bond donors (Lipinski definition) is 2. The zero-order chi connectivity index (χ0) is 10.2. The molecule has 6 heteroatoms. The lowest BCUT2D eigenvalue weighted by molar-refractivity contribution is -0.137. The molecule has 3 nitrogen and oxygen atoms in total. The SMILES string of the molecule is Cc1cc(C(F)(F)F)c(N)c(=O)[nH]1. The molecular weight excluding hydrogens is 185 g/mol. The second kappa shape index (κ2) is 2.79. The van der Waals surface area contributed by atoms with Crippen molar-refractivity contribution in [3.8, 4) is 0 Å². The number of aryl methyl sites for hydroxylation is 1. The highest BCUT2D eigenvalue weighted by Crippen LogP contribution is 2.31. The van der Waals surface area contributed by atoms with Crippen molar-refractivity contribution >= 4 is 5.69 Å². The molecule has 0 saturated carbocycles. The molecule has 3 N–H and O–H groups in total. The number of aromatic nitrogens is 1. The number of anilines is 1.